The van der Waals surface area contributed by atoms with Gasteiger partial charge in [0.05, 0.1) is 25.6 Å². The second-order valence-corrected chi connectivity index (χ2v) is 6.11. The molecule has 1 aromatic heterocycles. The number of nitrogens with zero attached hydrogens (tertiary/aromatic N) is 1. The van der Waals surface area contributed by atoms with Gasteiger partial charge in [0.15, 0.2) is 0 Å². The summed E-state index contributed by atoms with van der Waals surface area (Å²) < 4.78 is 5.42. The van der Waals surface area contributed by atoms with Gasteiger partial charge in [-0.3, -0.25) is 9.59 Å². The first kappa shape index (κ1) is 16.5. The minimum Gasteiger partial charge on any atom is -0.481 e. The normalized spacial score (nSPS) is 18.0. The molecule has 24 heavy (non-hydrogen) atoms. The van der Waals surface area contributed by atoms with Crippen LogP contribution >= 0.6 is 0 Å². The quantitative estimate of drug-likeness (QED) is 0.878. The Kier molecular flexibility index (Phi) is 4.85. The fraction of sp³-hybridized carbons (Fsp3) is 0.444. The summed E-state index contributed by atoms with van der Waals surface area (Å²) >= 11 is 0. The fourth-order valence-electron chi connectivity index (χ4n) is 3.25. The molecule has 0 bridgehead atoms. The predicted molar refractivity (Wildman–Crippen MR) is 90.0 cm³/mol. The molecule has 0 unspecified atom stereocenters. The van der Waals surface area contributed by atoms with E-state index in [0.717, 1.165) is 22.9 Å². The van der Waals surface area contributed by atoms with E-state index in [1.807, 2.05) is 18.3 Å². The number of hydrogen-bond acceptors (Lipinski definition) is 3. The Balaban J connectivity index is 1.72. The first-order chi connectivity index (χ1) is 11.6. The molecule has 0 saturated carbocycles. The summed E-state index contributed by atoms with van der Waals surface area (Å²) in [7, 11) is 0. The number of carboxylic acids is 1. The molecule has 0 spiro atoms. The summed E-state index contributed by atoms with van der Waals surface area (Å²) in [6, 6.07) is 6.13. The van der Waals surface area contributed by atoms with Crippen molar-refractivity contribution in [3.8, 4) is 0 Å². The second kappa shape index (κ2) is 7.05. The van der Waals surface area contributed by atoms with Crippen LogP contribution in [0.4, 0.5) is 0 Å². The molecule has 1 aliphatic rings. The summed E-state index contributed by atoms with van der Waals surface area (Å²) in [6.45, 7) is 3.35. The lowest BCUT2D eigenvalue weighted by Gasteiger charge is -2.32. The van der Waals surface area contributed by atoms with Crippen LogP contribution in [0.15, 0.2) is 24.4 Å². The van der Waals surface area contributed by atoms with Gasteiger partial charge in [-0.25, -0.2) is 0 Å². The molecule has 0 radical (unpaired) electrons. The van der Waals surface area contributed by atoms with Crippen LogP contribution in [0.3, 0.4) is 0 Å². The Morgan fingerprint density at radius 1 is 1.38 bits per heavy atom. The number of ether oxygens (including phenoxy) is 1. The SMILES string of the molecule is CCc1cccc2c(CC(=O)N3CCO[C@H](CC(=O)O)C3)c[nH]c12. The Hall–Kier alpha value is -2.34. The molecule has 6 heteroatoms. The van der Waals surface area contributed by atoms with Crippen molar-refractivity contribution < 1.29 is 19.4 Å². The smallest absolute Gasteiger partial charge is 0.306 e. The number of carbonyl (C=O) groups excluding carboxylic acids is 1. The highest BCUT2D eigenvalue weighted by Gasteiger charge is 2.26. The molecule has 1 saturated heterocycles. The minimum absolute atomic E-state index is 0.0106. The van der Waals surface area contributed by atoms with E-state index in [2.05, 4.69) is 18.0 Å². The second-order valence-electron chi connectivity index (χ2n) is 6.11. The van der Waals surface area contributed by atoms with Gasteiger partial charge >= 0.3 is 5.97 Å². The lowest BCUT2D eigenvalue weighted by Crippen LogP contribution is -2.46. The van der Waals surface area contributed by atoms with E-state index in [0.29, 0.717) is 26.1 Å². The highest BCUT2D eigenvalue weighted by Crippen LogP contribution is 2.23. The third-order valence-corrected chi connectivity index (χ3v) is 4.50. The Labute approximate surface area is 140 Å². The number of aliphatic carboxylic acids is 1. The molecule has 128 valence electrons. The third kappa shape index (κ3) is 3.43. The number of hydrogen-bond donors (Lipinski definition) is 2. The summed E-state index contributed by atoms with van der Waals surface area (Å²) in [5.41, 5.74) is 3.30. The number of fused-ring (bicyclic) bond motifs is 1. The predicted octanol–water partition coefficient (Wildman–Crippen LogP) is 1.97. The van der Waals surface area contributed by atoms with Gasteiger partial charge in [0.1, 0.15) is 0 Å². The lowest BCUT2D eigenvalue weighted by molar-refractivity contribution is -0.147. The fourth-order valence-corrected chi connectivity index (χ4v) is 3.25. The standard InChI is InChI=1S/C18H22N2O4/c1-2-12-4-3-5-15-13(10-19-18(12)15)8-16(21)20-6-7-24-14(11-20)9-17(22)23/h3-5,10,14,19H,2,6-9,11H2,1H3,(H,22,23)/t14-/m1/s1. The number of morpholine rings is 1. The van der Waals surface area contributed by atoms with E-state index in [1.165, 1.54) is 5.56 Å². The van der Waals surface area contributed by atoms with Gasteiger partial charge in [0.25, 0.3) is 0 Å². The monoisotopic (exact) mass is 330 g/mol. The minimum atomic E-state index is -0.905. The number of carbonyl (C=O) groups is 2. The Morgan fingerprint density at radius 3 is 2.96 bits per heavy atom. The summed E-state index contributed by atoms with van der Waals surface area (Å²) in [5, 5.41) is 9.96. The van der Waals surface area contributed by atoms with Crippen LogP contribution in [0.2, 0.25) is 0 Å². The lowest BCUT2D eigenvalue weighted by atomic mass is 10.0. The number of rotatable bonds is 5. The average Bonchev–Trinajstić information content (AvgIpc) is 2.97. The highest BCUT2D eigenvalue weighted by atomic mass is 16.5. The highest BCUT2D eigenvalue weighted by molar-refractivity contribution is 5.90. The van der Waals surface area contributed by atoms with Crippen molar-refractivity contribution >= 4 is 22.8 Å². The molecule has 6 nitrogen and oxygen atoms in total. The van der Waals surface area contributed by atoms with E-state index in [9.17, 15) is 9.59 Å². The average molecular weight is 330 g/mol. The number of aromatic amines is 1. The summed E-state index contributed by atoms with van der Waals surface area (Å²) in [6.07, 6.45) is 2.65. The number of carboxylic acid groups (broad SMARTS) is 1. The molecule has 1 aliphatic heterocycles. The molecule has 2 aromatic rings. The first-order valence-corrected chi connectivity index (χ1v) is 8.27. The molecule has 0 aliphatic carbocycles. The number of benzene rings is 1. The number of aryl methyl sites for hydroxylation is 1. The molecular formula is C18H22N2O4. The number of para-hydroxylation sites is 1. The van der Waals surface area contributed by atoms with E-state index >= 15 is 0 Å². The van der Waals surface area contributed by atoms with Gasteiger partial charge in [-0.05, 0) is 17.5 Å². The summed E-state index contributed by atoms with van der Waals surface area (Å²) in [5.74, 6) is -0.894. The van der Waals surface area contributed by atoms with Crippen LogP contribution in [0.25, 0.3) is 10.9 Å². The first-order valence-electron chi connectivity index (χ1n) is 8.27. The van der Waals surface area contributed by atoms with Crippen molar-refractivity contribution in [2.45, 2.75) is 32.3 Å². The number of amides is 1. The Bertz CT molecular complexity index is 753. The Morgan fingerprint density at radius 2 is 2.21 bits per heavy atom. The van der Waals surface area contributed by atoms with E-state index in [1.54, 1.807) is 4.90 Å². The van der Waals surface area contributed by atoms with Crippen LogP contribution in [-0.4, -0.2) is 52.7 Å². The van der Waals surface area contributed by atoms with Gasteiger partial charge in [-0.1, -0.05) is 25.1 Å². The van der Waals surface area contributed by atoms with Gasteiger partial charge in [0.2, 0.25) is 5.91 Å². The number of H-pyrrole nitrogens is 1. The third-order valence-electron chi connectivity index (χ3n) is 4.50. The maximum Gasteiger partial charge on any atom is 0.306 e. The maximum absolute atomic E-state index is 12.6. The van der Waals surface area contributed by atoms with E-state index in [-0.39, 0.29) is 12.3 Å². The van der Waals surface area contributed by atoms with Crippen molar-refractivity contribution in [2.75, 3.05) is 19.7 Å². The van der Waals surface area contributed by atoms with Gasteiger partial charge in [0, 0.05) is 30.2 Å². The molecule has 3 rings (SSSR count). The molecule has 1 fully saturated rings. The van der Waals surface area contributed by atoms with E-state index < -0.39 is 12.1 Å². The molecule has 1 atom stereocenters. The van der Waals surface area contributed by atoms with Crippen LogP contribution in [-0.2, 0) is 27.2 Å². The summed E-state index contributed by atoms with van der Waals surface area (Å²) in [4.78, 5) is 28.4. The van der Waals surface area contributed by atoms with Gasteiger partial charge in [-0.15, -0.1) is 0 Å². The molecule has 1 amide bonds. The maximum atomic E-state index is 12.6. The zero-order valence-corrected chi connectivity index (χ0v) is 13.7. The topological polar surface area (TPSA) is 82.6 Å². The zero-order chi connectivity index (χ0) is 17.1. The van der Waals surface area contributed by atoms with Crippen molar-refractivity contribution in [2.24, 2.45) is 0 Å². The largest absolute Gasteiger partial charge is 0.481 e. The molecular weight excluding hydrogens is 308 g/mol. The van der Waals surface area contributed by atoms with Crippen molar-refractivity contribution in [3.05, 3.63) is 35.5 Å². The molecule has 2 N–H and O–H groups in total. The van der Waals surface area contributed by atoms with Crippen LogP contribution in [0.1, 0.15) is 24.5 Å². The van der Waals surface area contributed by atoms with Crippen LogP contribution in [0.5, 0.6) is 0 Å². The number of aromatic nitrogens is 1. The van der Waals surface area contributed by atoms with Crippen molar-refractivity contribution in [1.29, 1.82) is 0 Å². The molecule has 1 aromatic carbocycles. The molecule has 2 heterocycles. The van der Waals surface area contributed by atoms with E-state index in [4.69, 9.17) is 9.84 Å². The van der Waals surface area contributed by atoms with Crippen molar-refractivity contribution in [1.82, 2.24) is 9.88 Å². The van der Waals surface area contributed by atoms with Crippen LogP contribution < -0.4 is 0 Å². The van der Waals surface area contributed by atoms with Crippen molar-refractivity contribution in [3.63, 3.8) is 0 Å². The van der Waals surface area contributed by atoms with Gasteiger partial charge < -0.3 is 19.7 Å². The van der Waals surface area contributed by atoms with Crippen LogP contribution in [0, 0.1) is 0 Å². The van der Waals surface area contributed by atoms with Gasteiger partial charge in [-0.2, -0.15) is 0 Å². The zero-order valence-electron chi connectivity index (χ0n) is 13.7. The number of nitrogens with one attached hydrogen (secondary N) is 1.